The molecule has 0 aromatic rings. The van der Waals surface area contributed by atoms with Gasteiger partial charge in [0.15, 0.2) is 0 Å². The van der Waals surface area contributed by atoms with Crippen molar-refractivity contribution in [3.8, 4) is 0 Å². The predicted octanol–water partition coefficient (Wildman–Crippen LogP) is 2.83. The minimum Gasteiger partial charge on any atom is -0.374 e. The van der Waals surface area contributed by atoms with Gasteiger partial charge in [-0.05, 0) is 32.7 Å². The van der Waals surface area contributed by atoms with Crippen LogP contribution in [0.1, 0.15) is 48.5 Å². The second-order valence-corrected chi connectivity index (χ2v) is 5.90. The van der Waals surface area contributed by atoms with Crippen molar-refractivity contribution in [1.29, 1.82) is 0 Å². The molecule has 0 saturated heterocycles. The lowest BCUT2D eigenvalue weighted by Crippen LogP contribution is -2.45. The maximum absolute atomic E-state index is 5.81. The third-order valence-electron chi connectivity index (χ3n) is 2.18. The smallest absolute Gasteiger partial charge is 0.0631 e. The number of likely N-dealkylation sites (N-methyl/N-ethyl adjacent to an activating group) is 1. The van der Waals surface area contributed by atoms with Gasteiger partial charge in [0.1, 0.15) is 0 Å². The maximum atomic E-state index is 5.81. The highest BCUT2D eigenvalue weighted by Crippen LogP contribution is 2.21. The first kappa shape index (κ1) is 13.9. The van der Waals surface area contributed by atoms with Crippen LogP contribution in [0, 0.1) is 5.41 Å². The van der Waals surface area contributed by atoms with Gasteiger partial charge < -0.3 is 10.1 Å². The van der Waals surface area contributed by atoms with Crippen LogP contribution in [0.4, 0.5) is 0 Å². The lowest BCUT2D eigenvalue weighted by molar-refractivity contribution is -0.0289. The van der Waals surface area contributed by atoms with Gasteiger partial charge in [-0.15, -0.1) is 0 Å². The van der Waals surface area contributed by atoms with Crippen LogP contribution in [-0.4, -0.2) is 24.8 Å². The molecule has 0 rings (SSSR count). The molecule has 0 heterocycles. The molecule has 1 unspecified atom stereocenters. The van der Waals surface area contributed by atoms with Gasteiger partial charge in [-0.1, -0.05) is 27.7 Å². The molecule has 0 bridgehead atoms. The molecule has 0 aliphatic carbocycles. The molecule has 2 heteroatoms. The van der Waals surface area contributed by atoms with Gasteiger partial charge in [0, 0.05) is 6.04 Å². The molecule has 0 aromatic carbocycles. The largest absolute Gasteiger partial charge is 0.374 e. The molecule has 0 radical (unpaired) electrons. The number of hydrogen-bond acceptors (Lipinski definition) is 2. The van der Waals surface area contributed by atoms with Crippen molar-refractivity contribution in [2.24, 2.45) is 5.41 Å². The lowest BCUT2D eigenvalue weighted by Gasteiger charge is -2.33. The van der Waals surface area contributed by atoms with E-state index in [0.29, 0.717) is 6.04 Å². The first-order valence-corrected chi connectivity index (χ1v) is 5.54. The van der Waals surface area contributed by atoms with Crippen LogP contribution in [0.15, 0.2) is 0 Å². The van der Waals surface area contributed by atoms with E-state index in [4.69, 9.17) is 4.74 Å². The Labute approximate surface area is 89.4 Å². The fourth-order valence-corrected chi connectivity index (χ4v) is 1.19. The van der Waals surface area contributed by atoms with E-state index in [0.717, 1.165) is 13.2 Å². The number of rotatable bonds is 4. The molecule has 86 valence electrons. The average molecular weight is 201 g/mol. The minimum atomic E-state index is -0.0427. The van der Waals surface area contributed by atoms with Gasteiger partial charge in [-0.25, -0.2) is 0 Å². The topological polar surface area (TPSA) is 21.3 Å². The Morgan fingerprint density at radius 2 is 1.57 bits per heavy atom. The molecule has 0 spiro atoms. The first-order chi connectivity index (χ1) is 6.17. The number of hydrogen-bond donors (Lipinski definition) is 1. The van der Waals surface area contributed by atoms with Crippen molar-refractivity contribution in [3.05, 3.63) is 0 Å². The van der Waals surface area contributed by atoms with Gasteiger partial charge in [-0.3, -0.25) is 0 Å². The van der Waals surface area contributed by atoms with Crippen LogP contribution in [-0.2, 0) is 4.74 Å². The van der Waals surface area contributed by atoms with Gasteiger partial charge >= 0.3 is 0 Å². The van der Waals surface area contributed by atoms with Crippen LogP contribution in [0.25, 0.3) is 0 Å². The van der Waals surface area contributed by atoms with E-state index >= 15 is 0 Å². The molecule has 1 N–H and O–H groups in total. The summed E-state index contributed by atoms with van der Waals surface area (Å²) in [5.74, 6) is 0. The van der Waals surface area contributed by atoms with E-state index in [2.05, 4.69) is 53.8 Å². The summed E-state index contributed by atoms with van der Waals surface area (Å²) in [6.07, 6.45) is 0. The second-order valence-electron chi connectivity index (χ2n) is 5.90. The summed E-state index contributed by atoms with van der Waals surface area (Å²) in [5.41, 5.74) is 0.209. The van der Waals surface area contributed by atoms with Crippen molar-refractivity contribution < 1.29 is 4.74 Å². The summed E-state index contributed by atoms with van der Waals surface area (Å²) >= 11 is 0. The summed E-state index contributed by atoms with van der Waals surface area (Å²) in [7, 11) is 0. The van der Waals surface area contributed by atoms with Crippen LogP contribution in [0.5, 0.6) is 0 Å². The van der Waals surface area contributed by atoms with Crippen LogP contribution in [0.3, 0.4) is 0 Å². The van der Waals surface area contributed by atoms with Gasteiger partial charge in [-0.2, -0.15) is 0 Å². The van der Waals surface area contributed by atoms with Crippen LogP contribution in [0.2, 0.25) is 0 Å². The first-order valence-electron chi connectivity index (χ1n) is 5.54. The summed E-state index contributed by atoms with van der Waals surface area (Å²) < 4.78 is 5.81. The second kappa shape index (κ2) is 5.13. The SMILES string of the molecule is CCNC(COC(C)(C)C)C(C)(C)C. The number of nitrogens with one attached hydrogen (secondary N) is 1. The standard InChI is InChI=1S/C12H27NO/c1-8-13-10(11(2,3)4)9-14-12(5,6)7/h10,13H,8-9H2,1-7H3. The molecule has 2 nitrogen and oxygen atoms in total. The Morgan fingerprint density at radius 3 is 1.86 bits per heavy atom. The Hall–Kier alpha value is -0.0800. The fraction of sp³-hybridized carbons (Fsp3) is 1.00. The van der Waals surface area contributed by atoms with Gasteiger partial charge in [0.25, 0.3) is 0 Å². The zero-order valence-corrected chi connectivity index (χ0v) is 10.9. The summed E-state index contributed by atoms with van der Waals surface area (Å²) in [6, 6.07) is 0.423. The minimum absolute atomic E-state index is 0.0427. The van der Waals surface area contributed by atoms with Crippen molar-refractivity contribution in [2.45, 2.75) is 60.1 Å². The maximum Gasteiger partial charge on any atom is 0.0631 e. The Morgan fingerprint density at radius 1 is 1.07 bits per heavy atom. The third kappa shape index (κ3) is 6.39. The van der Waals surface area contributed by atoms with Crippen LogP contribution < -0.4 is 5.32 Å². The van der Waals surface area contributed by atoms with E-state index in [1.807, 2.05) is 0 Å². The Kier molecular flexibility index (Phi) is 5.10. The van der Waals surface area contributed by atoms with E-state index in [1.165, 1.54) is 0 Å². The molecular formula is C12H27NO. The van der Waals surface area contributed by atoms with E-state index < -0.39 is 0 Å². The molecule has 1 atom stereocenters. The van der Waals surface area contributed by atoms with E-state index in [1.54, 1.807) is 0 Å². The van der Waals surface area contributed by atoms with E-state index in [9.17, 15) is 0 Å². The monoisotopic (exact) mass is 201 g/mol. The Balaban J connectivity index is 4.12. The Bertz CT molecular complexity index is 153. The van der Waals surface area contributed by atoms with Crippen molar-refractivity contribution in [3.63, 3.8) is 0 Å². The molecule has 0 saturated carbocycles. The average Bonchev–Trinajstić information content (AvgIpc) is 1.93. The highest BCUT2D eigenvalue weighted by molar-refractivity contribution is 4.80. The van der Waals surface area contributed by atoms with Crippen LogP contribution >= 0.6 is 0 Å². The normalized spacial score (nSPS) is 15.6. The summed E-state index contributed by atoms with van der Waals surface area (Å²) in [6.45, 7) is 16.9. The quantitative estimate of drug-likeness (QED) is 0.755. The molecule has 0 aliphatic rings. The molecule has 0 aromatic heterocycles. The van der Waals surface area contributed by atoms with E-state index in [-0.39, 0.29) is 11.0 Å². The molecule has 0 aliphatic heterocycles. The predicted molar refractivity (Wildman–Crippen MR) is 62.6 cm³/mol. The molecule has 0 fully saturated rings. The molecular weight excluding hydrogens is 174 g/mol. The lowest BCUT2D eigenvalue weighted by atomic mass is 9.87. The zero-order valence-electron chi connectivity index (χ0n) is 10.9. The zero-order chi connectivity index (χ0) is 11.4. The number of ether oxygens (including phenoxy) is 1. The fourth-order valence-electron chi connectivity index (χ4n) is 1.19. The van der Waals surface area contributed by atoms with Crippen molar-refractivity contribution in [1.82, 2.24) is 5.32 Å². The van der Waals surface area contributed by atoms with Crippen molar-refractivity contribution >= 4 is 0 Å². The van der Waals surface area contributed by atoms with Gasteiger partial charge in [0.05, 0.1) is 12.2 Å². The molecule has 14 heavy (non-hydrogen) atoms. The third-order valence-corrected chi connectivity index (χ3v) is 2.18. The van der Waals surface area contributed by atoms with Crippen molar-refractivity contribution in [2.75, 3.05) is 13.2 Å². The molecule has 0 amide bonds. The summed E-state index contributed by atoms with van der Waals surface area (Å²) in [5, 5.41) is 3.47. The summed E-state index contributed by atoms with van der Waals surface area (Å²) in [4.78, 5) is 0. The van der Waals surface area contributed by atoms with Gasteiger partial charge in [0.2, 0.25) is 0 Å². The highest BCUT2D eigenvalue weighted by atomic mass is 16.5. The highest BCUT2D eigenvalue weighted by Gasteiger charge is 2.25.